The summed E-state index contributed by atoms with van der Waals surface area (Å²) in [6.07, 6.45) is 10.1. The van der Waals surface area contributed by atoms with Crippen molar-refractivity contribution in [1.82, 2.24) is 4.90 Å². The lowest BCUT2D eigenvalue weighted by atomic mass is 9.72. The van der Waals surface area contributed by atoms with Gasteiger partial charge in [-0.2, -0.15) is 5.26 Å². The van der Waals surface area contributed by atoms with Gasteiger partial charge in [0.1, 0.15) is 0 Å². The first kappa shape index (κ1) is 24.5. The summed E-state index contributed by atoms with van der Waals surface area (Å²) in [6.45, 7) is 3.59. The highest BCUT2D eigenvalue weighted by Crippen LogP contribution is 2.55. The zero-order valence-electron chi connectivity index (χ0n) is 18.8. The standard InChI is InChI=1S/C25H31Br2N.C2H3N/c1-28(19-20-9-3-2-4-10-20)18-6-11-21-22(24(26)14-7-15-24)12-5-13-23(21)25(27)16-8-17-25;1-2-3/h2-5,9-10,12-13H,6-8,11,14-19H2,1H3;1H3. The van der Waals surface area contributed by atoms with E-state index in [0.717, 1.165) is 13.1 Å². The van der Waals surface area contributed by atoms with Crippen LogP contribution in [0.15, 0.2) is 48.5 Å². The third kappa shape index (κ3) is 6.01. The van der Waals surface area contributed by atoms with Gasteiger partial charge < -0.3 is 4.90 Å². The average Bonchev–Trinajstić information content (AvgIpc) is 2.71. The van der Waals surface area contributed by atoms with Gasteiger partial charge in [0.05, 0.1) is 14.7 Å². The van der Waals surface area contributed by atoms with Crippen LogP contribution in [-0.2, 0) is 21.6 Å². The molecule has 0 amide bonds. The minimum Gasteiger partial charge on any atom is -0.302 e. The molecule has 0 radical (unpaired) electrons. The van der Waals surface area contributed by atoms with E-state index in [1.165, 1.54) is 63.9 Å². The van der Waals surface area contributed by atoms with Crippen LogP contribution in [0.3, 0.4) is 0 Å². The maximum absolute atomic E-state index is 7.32. The molecular formula is C27H34Br2N2. The fourth-order valence-electron chi connectivity index (χ4n) is 4.71. The van der Waals surface area contributed by atoms with E-state index in [1.807, 2.05) is 0 Å². The van der Waals surface area contributed by atoms with Crippen LogP contribution < -0.4 is 0 Å². The molecule has 0 unspecified atom stereocenters. The second-order valence-electron chi connectivity index (χ2n) is 9.02. The summed E-state index contributed by atoms with van der Waals surface area (Å²) in [4.78, 5) is 2.46. The molecule has 2 aliphatic carbocycles. The van der Waals surface area contributed by atoms with Crippen LogP contribution in [0.25, 0.3) is 0 Å². The van der Waals surface area contributed by atoms with Gasteiger partial charge in [-0.1, -0.05) is 80.4 Å². The number of benzene rings is 2. The molecule has 2 fully saturated rings. The van der Waals surface area contributed by atoms with E-state index in [4.69, 9.17) is 5.26 Å². The molecule has 0 aromatic heterocycles. The lowest BCUT2D eigenvalue weighted by Crippen LogP contribution is -2.33. The summed E-state index contributed by atoms with van der Waals surface area (Å²) in [5, 5.41) is 7.32. The topological polar surface area (TPSA) is 27.0 Å². The molecular weight excluding hydrogens is 512 g/mol. The summed E-state index contributed by atoms with van der Waals surface area (Å²) in [7, 11) is 2.25. The second kappa shape index (κ2) is 11.1. The van der Waals surface area contributed by atoms with E-state index in [2.05, 4.69) is 92.3 Å². The number of halogens is 2. The first-order valence-corrected chi connectivity index (χ1v) is 13.0. The number of alkyl halides is 2. The molecule has 166 valence electrons. The summed E-state index contributed by atoms with van der Waals surface area (Å²) in [5.41, 5.74) is 6.14. The van der Waals surface area contributed by atoms with E-state index in [9.17, 15) is 0 Å². The second-order valence-corrected chi connectivity index (χ2v) is 12.1. The largest absolute Gasteiger partial charge is 0.302 e. The van der Waals surface area contributed by atoms with Gasteiger partial charge in [0.15, 0.2) is 0 Å². The summed E-state index contributed by atoms with van der Waals surface area (Å²) in [5.74, 6) is 0. The van der Waals surface area contributed by atoms with Crippen LogP contribution in [0.2, 0.25) is 0 Å². The Morgan fingerprint density at radius 2 is 1.42 bits per heavy atom. The Morgan fingerprint density at radius 3 is 1.87 bits per heavy atom. The minimum absolute atomic E-state index is 0.224. The quantitative estimate of drug-likeness (QED) is 0.316. The SMILES string of the molecule is CC#N.CN(CCCc1c(C2(Br)CCC2)cccc1C1(Br)CCC1)Cc1ccccc1. The average molecular weight is 546 g/mol. The third-order valence-electron chi connectivity index (χ3n) is 6.70. The smallest absolute Gasteiger partial charge is 0.0587 e. The first-order valence-electron chi connectivity index (χ1n) is 11.5. The van der Waals surface area contributed by atoms with Gasteiger partial charge in [0, 0.05) is 13.5 Å². The summed E-state index contributed by atoms with van der Waals surface area (Å²) < 4.78 is 0.447. The molecule has 0 saturated heterocycles. The molecule has 0 atom stereocenters. The Bertz CT molecular complexity index is 842. The van der Waals surface area contributed by atoms with Crippen molar-refractivity contribution in [2.75, 3.05) is 13.6 Å². The molecule has 0 aliphatic heterocycles. The number of nitrogens with zero attached hydrogens (tertiary/aromatic N) is 2. The lowest BCUT2D eigenvalue weighted by Gasteiger charge is -2.43. The van der Waals surface area contributed by atoms with Crippen molar-refractivity contribution >= 4 is 31.9 Å². The van der Waals surface area contributed by atoms with Crippen molar-refractivity contribution in [2.24, 2.45) is 0 Å². The van der Waals surface area contributed by atoms with Gasteiger partial charge in [-0.05, 0) is 87.2 Å². The zero-order chi connectivity index (χ0) is 22.3. The maximum Gasteiger partial charge on any atom is 0.0587 e. The highest BCUT2D eigenvalue weighted by atomic mass is 79.9. The molecule has 4 heteroatoms. The highest BCUT2D eigenvalue weighted by Gasteiger charge is 2.42. The minimum atomic E-state index is 0.224. The maximum atomic E-state index is 7.32. The Labute approximate surface area is 205 Å². The zero-order valence-corrected chi connectivity index (χ0v) is 22.0. The van der Waals surface area contributed by atoms with Crippen molar-refractivity contribution < 1.29 is 0 Å². The van der Waals surface area contributed by atoms with Crippen molar-refractivity contribution in [2.45, 2.75) is 73.5 Å². The first-order chi connectivity index (χ1) is 14.9. The van der Waals surface area contributed by atoms with Crippen molar-refractivity contribution in [3.05, 3.63) is 70.8 Å². The molecule has 0 bridgehead atoms. The van der Waals surface area contributed by atoms with Gasteiger partial charge in [-0.15, -0.1) is 0 Å². The number of hydrogen-bond acceptors (Lipinski definition) is 2. The van der Waals surface area contributed by atoms with Crippen LogP contribution in [0.4, 0.5) is 0 Å². The number of hydrogen-bond donors (Lipinski definition) is 0. The Morgan fingerprint density at radius 1 is 0.903 bits per heavy atom. The van der Waals surface area contributed by atoms with Crippen LogP contribution in [0, 0.1) is 11.3 Å². The fourth-order valence-corrected chi connectivity index (χ4v) is 6.57. The van der Waals surface area contributed by atoms with E-state index < -0.39 is 0 Å². The van der Waals surface area contributed by atoms with E-state index in [-0.39, 0.29) is 8.65 Å². The predicted octanol–water partition coefficient (Wildman–Crippen LogP) is 7.83. The summed E-state index contributed by atoms with van der Waals surface area (Å²) in [6, 6.07) is 19.6. The van der Waals surface area contributed by atoms with Crippen molar-refractivity contribution in [1.29, 1.82) is 5.26 Å². The monoisotopic (exact) mass is 544 g/mol. The molecule has 2 aliphatic rings. The van der Waals surface area contributed by atoms with Crippen molar-refractivity contribution in [3.8, 4) is 6.07 Å². The Hall–Kier alpha value is -1.15. The van der Waals surface area contributed by atoms with Gasteiger partial charge >= 0.3 is 0 Å². The van der Waals surface area contributed by atoms with Crippen LogP contribution in [-0.4, -0.2) is 18.5 Å². The third-order valence-corrected chi connectivity index (χ3v) is 9.14. The van der Waals surface area contributed by atoms with E-state index in [0.29, 0.717) is 0 Å². The van der Waals surface area contributed by atoms with Crippen LogP contribution >= 0.6 is 31.9 Å². The molecule has 2 nitrogen and oxygen atoms in total. The lowest BCUT2D eigenvalue weighted by molar-refractivity contribution is 0.320. The van der Waals surface area contributed by atoms with E-state index in [1.54, 1.807) is 22.8 Å². The molecule has 0 N–H and O–H groups in total. The van der Waals surface area contributed by atoms with Gasteiger partial charge in [0.25, 0.3) is 0 Å². The molecule has 2 saturated carbocycles. The Balaban J connectivity index is 0.000000858. The molecule has 2 aromatic carbocycles. The number of rotatable bonds is 8. The predicted molar refractivity (Wildman–Crippen MR) is 138 cm³/mol. The van der Waals surface area contributed by atoms with Gasteiger partial charge in [0.2, 0.25) is 0 Å². The highest BCUT2D eigenvalue weighted by molar-refractivity contribution is 9.10. The normalized spacial score (nSPS) is 18.2. The molecule has 0 spiro atoms. The molecule has 31 heavy (non-hydrogen) atoms. The van der Waals surface area contributed by atoms with Gasteiger partial charge in [-0.25, -0.2) is 0 Å². The Kier molecular flexibility index (Phi) is 8.79. The van der Waals surface area contributed by atoms with Gasteiger partial charge in [-0.3, -0.25) is 0 Å². The molecule has 2 aromatic rings. The van der Waals surface area contributed by atoms with Crippen LogP contribution in [0.1, 0.15) is 74.1 Å². The fraction of sp³-hybridized carbons (Fsp3) is 0.519. The summed E-state index contributed by atoms with van der Waals surface area (Å²) >= 11 is 8.21. The molecule has 0 heterocycles. The van der Waals surface area contributed by atoms with Crippen molar-refractivity contribution in [3.63, 3.8) is 0 Å². The van der Waals surface area contributed by atoms with Crippen LogP contribution in [0.5, 0.6) is 0 Å². The molecule has 4 rings (SSSR count). The number of nitriles is 1. The van der Waals surface area contributed by atoms with E-state index >= 15 is 0 Å².